The van der Waals surface area contributed by atoms with E-state index < -0.39 is 11.7 Å². The molecule has 8 aromatic carbocycles. The number of alkyl halides is 3. The molecular formula is C55H28F3N7. The number of aromatic nitrogens is 2. The van der Waals surface area contributed by atoms with Gasteiger partial charge in [-0.25, -0.2) is 9.69 Å². The fraction of sp³-hybridized carbons (Fsp3) is 0.0364. The number of nitrogens with zero attached hydrogens (tertiary/aromatic N) is 7. The van der Waals surface area contributed by atoms with E-state index in [1.54, 1.807) is 61.5 Å². The molecule has 0 saturated carbocycles. The molecule has 2 aromatic heterocycles. The highest BCUT2D eigenvalue weighted by Gasteiger charge is 2.32. The first-order valence-corrected chi connectivity index (χ1v) is 20.2. The fourth-order valence-corrected chi connectivity index (χ4v) is 9.05. The third-order valence-corrected chi connectivity index (χ3v) is 11.9. The lowest BCUT2D eigenvalue weighted by molar-refractivity contribution is -0.137. The third kappa shape index (κ3) is 6.49. The van der Waals surface area contributed by atoms with E-state index >= 15 is 0 Å². The zero-order chi connectivity index (χ0) is 45.1. The number of aryl methyl sites for hydroxylation is 1. The summed E-state index contributed by atoms with van der Waals surface area (Å²) >= 11 is 0. The second-order valence-corrected chi connectivity index (χ2v) is 15.7. The Bertz CT molecular complexity index is 3910. The van der Waals surface area contributed by atoms with Crippen LogP contribution >= 0.6 is 0 Å². The van der Waals surface area contributed by atoms with E-state index in [0.717, 1.165) is 66.9 Å². The molecule has 0 aliphatic rings. The van der Waals surface area contributed by atoms with Crippen molar-refractivity contribution < 1.29 is 13.2 Å². The number of para-hydroxylation sites is 2. The number of nitriles is 3. The molecule has 304 valence electrons. The van der Waals surface area contributed by atoms with Crippen molar-refractivity contribution in [1.82, 2.24) is 9.13 Å². The quantitative estimate of drug-likeness (QED) is 0.162. The van der Waals surface area contributed by atoms with Gasteiger partial charge >= 0.3 is 6.18 Å². The van der Waals surface area contributed by atoms with Gasteiger partial charge in [-0.3, -0.25) is 0 Å². The van der Waals surface area contributed by atoms with Crippen molar-refractivity contribution in [3.8, 4) is 63.0 Å². The van der Waals surface area contributed by atoms with Crippen molar-refractivity contribution in [2.45, 2.75) is 13.1 Å². The van der Waals surface area contributed by atoms with Crippen LogP contribution in [0.4, 0.5) is 24.5 Å². The lowest BCUT2D eigenvalue weighted by Gasteiger charge is -2.20. The highest BCUT2D eigenvalue weighted by Crippen LogP contribution is 2.44. The molecule has 10 aromatic rings. The second kappa shape index (κ2) is 15.2. The maximum Gasteiger partial charge on any atom is 0.416 e. The number of hydrogen-bond acceptors (Lipinski definition) is 3. The van der Waals surface area contributed by atoms with E-state index in [4.69, 9.17) is 13.1 Å². The molecule has 0 amide bonds. The Morgan fingerprint density at radius 1 is 0.492 bits per heavy atom. The summed E-state index contributed by atoms with van der Waals surface area (Å²) in [7, 11) is 0. The van der Waals surface area contributed by atoms with Crippen LogP contribution in [-0.2, 0) is 6.18 Å². The zero-order valence-corrected chi connectivity index (χ0v) is 34.2. The van der Waals surface area contributed by atoms with E-state index in [1.165, 1.54) is 0 Å². The summed E-state index contributed by atoms with van der Waals surface area (Å²) in [4.78, 5) is 7.20. The molecule has 2 heterocycles. The van der Waals surface area contributed by atoms with E-state index in [-0.39, 0.29) is 5.56 Å². The molecule has 10 heteroatoms. The fourth-order valence-electron chi connectivity index (χ4n) is 9.05. The summed E-state index contributed by atoms with van der Waals surface area (Å²) < 4.78 is 47.8. The van der Waals surface area contributed by atoms with Gasteiger partial charge in [0.2, 0.25) is 0 Å². The van der Waals surface area contributed by atoms with Crippen molar-refractivity contribution in [1.29, 1.82) is 15.8 Å². The van der Waals surface area contributed by atoms with Crippen LogP contribution in [-0.4, -0.2) is 9.13 Å². The number of fused-ring (bicyclic) bond motifs is 6. The molecule has 0 N–H and O–H groups in total. The van der Waals surface area contributed by atoms with Gasteiger partial charge in [0.05, 0.1) is 81.0 Å². The summed E-state index contributed by atoms with van der Waals surface area (Å²) in [5, 5.41) is 34.0. The second-order valence-electron chi connectivity index (χ2n) is 15.7. The van der Waals surface area contributed by atoms with Crippen LogP contribution in [0.15, 0.2) is 152 Å². The van der Waals surface area contributed by atoms with Crippen LogP contribution in [0.1, 0.15) is 27.8 Å². The van der Waals surface area contributed by atoms with Crippen LogP contribution in [0.2, 0.25) is 0 Å². The average molecular weight is 844 g/mol. The minimum atomic E-state index is -4.64. The van der Waals surface area contributed by atoms with Gasteiger partial charge in [0.25, 0.3) is 0 Å². The largest absolute Gasteiger partial charge is 0.416 e. The predicted molar refractivity (Wildman–Crippen MR) is 248 cm³/mol. The zero-order valence-electron chi connectivity index (χ0n) is 34.2. The molecule has 0 spiro atoms. The predicted octanol–water partition coefficient (Wildman–Crippen LogP) is 14.9. The highest BCUT2D eigenvalue weighted by atomic mass is 19.4. The maximum atomic E-state index is 14.6. The van der Waals surface area contributed by atoms with Gasteiger partial charge in [0, 0.05) is 27.1 Å². The van der Waals surface area contributed by atoms with Crippen molar-refractivity contribution in [3.63, 3.8) is 0 Å². The monoisotopic (exact) mass is 843 g/mol. The van der Waals surface area contributed by atoms with E-state index in [0.29, 0.717) is 61.7 Å². The molecular weight excluding hydrogens is 816 g/mol. The molecule has 0 aliphatic carbocycles. The van der Waals surface area contributed by atoms with Crippen molar-refractivity contribution in [2.24, 2.45) is 0 Å². The van der Waals surface area contributed by atoms with E-state index in [1.807, 2.05) is 94.1 Å². The summed E-state index contributed by atoms with van der Waals surface area (Å²) in [6, 6.07) is 51.1. The highest BCUT2D eigenvalue weighted by molar-refractivity contribution is 6.13. The molecule has 0 atom stereocenters. The average Bonchev–Trinajstić information content (AvgIpc) is 3.84. The lowest BCUT2D eigenvalue weighted by atomic mass is 9.95. The van der Waals surface area contributed by atoms with Crippen LogP contribution < -0.4 is 0 Å². The SMILES string of the molecule is [C-]#[N+]c1ccc(-c2ccc3c(c2)c2ccccc2n3-c2cc(-c3cc(C)cc(C(F)(F)F)c3)c(-n3c4ccccc4c4cc(-c5ccc(C#N)cc5C#N)ccc43)cc2C#N)c([N+]#[C-])c1. The molecule has 7 nitrogen and oxygen atoms in total. The van der Waals surface area contributed by atoms with Gasteiger partial charge in [-0.15, -0.1) is 0 Å². The topological polar surface area (TPSA) is 90.0 Å². The minimum absolute atomic E-state index is 0.267. The Labute approximate surface area is 370 Å². The van der Waals surface area contributed by atoms with Crippen molar-refractivity contribution >= 4 is 55.0 Å². The smallest absolute Gasteiger partial charge is 0.309 e. The standard InChI is InChI=1S/C55H28F3N7/c1-32-20-36(23-39(21-32)55(56,57)58)45-28-53(64-49-10-6-4-8-43(49)47-25-35(14-19-51(47)64)42-17-15-40(62-2)27-48(42)63-3)38(31-61)26-54(45)65-50-11-7-5-9-44(50)46-24-34(13-18-52(46)65)41-16-12-33(29-59)22-37(41)30-60/h4-28H,1H3. The van der Waals surface area contributed by atoms with E-state index in [9.17, 15) is 29.0 Å². The minimum Gasteiger partial charge on any atom is -0.309 e. The molecule has 10 rings (SSSR count). The molecule has 0 bridgehead atoms. The number of hydrogen-bond donors (Lipinski definition) is 0. The van der Waals surface area contributed by atoms with Crippen LogP contribution in [0.5, 0.6) is 0 Å². The van der Waals surface area contributed by atoms with Gasteiger partial charge in [0.15, 0.2) is 11.4 Å². The van der Waals surface area contributed by atoms with Gasteiger partial charge < -0.3 is 9.13 Å². The molecule has 0 unspecified atom stereocenters. The first kappa shape index (κ1) is 39.7. The summed E-state index contributed by atoms with van der Waals surface area (Å²) in [5.41, 5.74) is 8.72. The van der Waals surface area contributed by atoms with Crippen LogP contribution in [0, 0.1) is 54.1 Å². The Morgan fingerprint density at radius 2 is 1.09 bits per heavy atom. The number of halogens is 3. The van der Waals surface area contributed by atoms with E-state index in [2.05, 4.69) is 27.9 Å². The van der Waals surface area contributed by atoms with Gasteiger partial charge in [-0.05, 0) is 113 Å². The molecule has 65 heavy (non-hydrogen) atoms. The Kier molecular flexibility index (Phi) is 9.29. The lowest BCUT2D eigenvalue weighted by Crippen LogP contribution is -2.07. The molecule has 0 radical (unpaired) electrons. The Hall–Kier alpha value is -9.40. The van der Waals surface area contributed by atoms with Crippen molar-refractivity contribution in [3.05, 3.63) is 202 Å². The normalized spacial score (nSPS) is 11.3. The molecule has 0 saturated heterocycles. The Balaban J connectivity index is 1.27. The maximum absolute atomic E-state index is 14.6. The number of benzene rings is 8. The molecule has 0 aliphatic heterocycles. The number of rotatable bonds is 5. The van der Waals surface area contributed by atoms with Gasteiger partial charge in [0.1, 0.15) is 6.07 Å². The first-order valence-electron chi connectivity index (χ1n) is 20.2. The van der Waals surface area contributed by atoms with Gasteiger partial charge in [-0.1, -0.05) is 78.9 Å². The summed E-state index contributed by atoms with van der Waals surface area (Å²) in [6.45, 7) is 16.9. The Morgan fingerprint density at radius 3 is 1.69 bits per heavy atom. The van der Waals surface area contributed by atoms with Crippen LogP contribution in [0.25, 0.3) is 98.1 Å². The molecule has 0 fully saturated rings. The summed E-state index contributed by atoms with van der Waals surface area (Å²) in [6.07, 6.45) is -4.64. The summed E-state index contributed by atoms with van der Waals surface area (Å²) in [5.74, 6) is 0. The van der Waals surface area contributed by atoms with Crippen molar-refractivity contribution in [2.75, 3.05) is 0 Å². The first-order chi connectivity index (χ1) is 31.5. The van der Waals surface area contributed by atoms with Crippen LogP contribution in [0.3, 0.4) is 0 Å². The van der Waals surface area contributed by atoms with Gasteiger partial charge in [-0.2, -0.15) is 29.0 Å². The third-order valence-electron chi connectivity index (χ3n) is 11.9.